The molecule has 0 saturated heterocycles. The fraction of sp³-hybridized carbons (Fsp3) is 1.00. The van der Waals surface area contributed by atoms with Crippen LogP contribution in [0.1, 0.15) is 194 Å². The maximum atomic E-state index is 9.73. The topological polar surface area (TPSA) is 20.2 Å². The molecule has 0 aliphatic heterocycles. The molecule has 0 aromatic rings. The molecule has 0 aliphatic carbocycles. The van der Waals surface area contributed by atoms with E-state index in [9.17, 15) is 5.11 Å². The second-order valence-electron chi connectivity index (χ2n) is 11.9. The molecule has 1 N–H and O–H groups in total. The predicted molar refractivity (Wildman–Crippen MR) is 181 cm³/mol. The lowest BCUT2D eigenvalue weighted by Gasteiger charge is -2.13. The first kappa shape index (κ1) is 38.7. The fourth-order valence-electron chi connectivity index (χ4n) is 5.31. The first-order valence-corrected chi connectivity index (χ1v) is 19.9. The van der Waals surface area contributed by atoms with Crippen LogP contribution in [-0.2, 0) is 0 Å². The van der Waals surface area contributed by atoms with Crippen LogP contribution in [0.5, 0.6) is 0 Å². The molecule has 230 valence electrons. The van der Waals surface area contributed by atoms with E-state index in [1.54, 1.807) is 0 Å². The van der Waals surface area contributed by atoms with Crippen molar-refractivity contribution in [3.05, 3.63) is 0 Å². The van der Waals surface area contributed by atoms with E-state index in [2.05, 4.69) is 25.6 Å². The highest BCUT2D eigenvalue weighted by Crippen LogP contribution is 2.21. The minimum atomic E-state index is 0.356. The van der Waals surface area contributed by atoms with Gasteiger partial charge in [-0.15, -0.1) is 0 Å². The Hall–Kier alpha value is 0.660. The van der Waals surface area contributed by atoms with Crippen molar-refractivity contribution in [2.75, 3.05) is 23.9 Å². The summed E-state index contributed by atoms with van der Waals surface area (Å²) >= 11 is 4.10. The third-order valence-electron chi connectivity index (χ3n) is 8.00. The molecule has 0 aromatic heterocycles. The van der Waals surface area contributed by atoms with Crippen LogP contribution in [0.25, 0.3) is 0 Å². The summed E-state index contributed by atoms with van der Waals surface area (Å²) in [5.74, 6) is 3.66. The van der Waals surface area contributed by atoms with Crippen molar-refractivity contribution in [1.82, 2.24) is 0 Å². The average Bonchev–Trinajstić information content (AvgIpc) is 2.93. The molecule has 0 rings (SSSR count). The van der Waals surface area contributed by atoms with Crippen molar-refractivity contribution in [2.45, 2.75) is 199 Å². The summed E-state index contributed by atoms with van der Waals surface area (Å²) in [6.45, 7) is 4.95. The summed E-state index contributed by atoms with van der Waals surface area (Å²) in [5.41, 5.74) is 0. The van der Waals surface area contributed by atoms with Crippen molar-refractivity contribution in [3.8, 4) is 0 Å². The zero-order valence-corrected chi connectivity index (χ0v) is 28.1. The smallest absolute Gasteiger partial charge is 0.0558 e. The van der Waals surface area contributed by atoms with Crippen LogP contribution in [0.2, 0.25) is 0 Å². The number of aliphatic hydroxyl groups excluding tert-OH is 1. The molecule has 0 amide bonds. The Morgan fingerprint density at radius 1 is 0.395 bits per heavy atom. The molecule has 0 bridgehead atoms. The predicted octanol–water partition coefficient (Wildman–Crippen LogP) is 12.8. The molecule has 0 spiro atoms. The van der Waals surface area contributed by atoms with Crippen LogP contribution >= 0.6 is 23.5 Å². The maximum absolute atomic E-state index is 9.73. The normalized spacial score (nSPS) is 12.4. The van der Waals surface area contributed by atoms with Crippen molar-refractivity contribution < 1.29 is 5.11 Å². The summed E-state index contributed by atoms with van der Waals surface area (Å²) in [5, 5.41) is 10.2. The Morgan fingerprint density at radius 3 is 1.00 bits per heavy atom. The SMILES string of the molecule is CCCCCCCCCCCCCCCCSCC(CO)SCCCCCCCCCCCCCCCC. The monoisotopic (exact) mass is 573 g/mol. The van der Waals surface area contributed by atoms with Crippen LogP contribution in [0.15, 0.2) is 0 Å². The second-order valence-corrected chi connectivity index (χ2v) is 14.5. The standard InChI is InChI=1S/C35H72OS2/c1-3-5-7-9-11-13-15-17-19-21-23-25-27-29-31-37-34-35(33-36)38-32-30-28-26-24-22-20-18-16-14-12-10-8-6-4-2/h35-36H,3-34H2,1-2H3. The number of hydrogen-bond acceptors (Lipinski definition) is 3. The second kappa shape index (κ2) is 35.7. The maximum Gasteiger partial charge on any atom is 0.0558 e. The highest BCUT2D eigenvalue weighted by Gasteiger charge is 2.07. The van der Waals surface area contributed by atoms with Crippen LogP contribution in [-0.4, -0.2) is 34.2 Å². The summed E-state index contributed by atoms with van der Waals surface area (Å²) in [7, 11) is 0. The Balaban J connectivity index is 3.25. The van der Waals surface area contributed by atoms with Gasteiger partial charge in [0.05, 0.1) is 6.61 Å². The molecule has 1 nitrogen and oxygen atoms in total. The molecule has 0 heterocycles. The van der Waals surface area contributed by atoms with Gasteiger partial charge in [-0.2, -0.15) is 23.5 Å². The van der Waals surface area contributed by atoms with Gasteiger partial charge in [0.1, 0.15) is 0 Å². The van der Waals surface area contributed by atoms with Crippen LogP contribution in [0.4, 0.5) is 0 Å². The van der Waals surface area contributed by atoms with E-state index in [4.69, 9.17) is 0 Å². The Kier molecular flexibility index (Phi) is 36.3. The van der Waals surface area contributed by atoms with Crippen molar-refractivity contribution in [3.63, 3.8) is 0 Å². The molecule has 0 radical (unpaired) electrons. The molecule has 1 atom stereocenters. The van der Waals surface area contributed by atoms with E-state index in [0.29, 0.717) is 11.9 Å². The molecule has 0 saturated carbocycles. The van der Waals surface area contributed by atoms with Gasteiger partial charge in [-0.3, -0.25) is 0 Å². The largest absolute Gasteiger partial charge is 0.395 e. The third kappa shape index (κ3) is 32.9. The van der Waals surface area contributed by atoms with Crippen LogP contribution in [0.3, 0.4) is 0 Å². The van der Waals surface area contributed by atoms with Gasteiger partial charge in [-0.25, -0.2) is 0 Å². The Bertz CT molecular complexity index is 403. The van der Waals surface area contributed by atoms with Crippen LogP contribution < -0.4 is 0 Å². The summed E-state index contributed by atoms with van der Waals surface area (Å²) < 4.78 is 0. The minimum absolute atomic E-state index is 0.356. The number of rotatable bonds is 34. The van der Waals surface area contributed by atoms with Gasteiger partial charge in [0, 0.05) is 11.0 Å². The van der Waals surface area contributed by atoms with Gasteiger partial charge in [-0.1, -0.05) is 181 Å². The average molecular weight is 573 g/mol. The van der Waals surface area contributed by atoms with Crippen molar-refractivity contribution in [1.29, 1.82) is 0 Å². The number of unbranched alkanes of at least 4 members (excludes halogenated alkanes) is 26. The highest BCUT2D eigenvalue weighted by molar-refractivity contribution is 8.03. The van der Waals surface area contributed by atoms with Crippen LogP contribution in [0, 0.1) is 0 Å². The first-order chi connectivity index (χ1) is 18.8. The zero-order valence-electron chi connectivity index (χ0n) is 26.5. The van der Waals surface area contributed by atoms with E-state index in [-0.39, 0.29) is 0 Å². The van der Waals surface area contributed by atoms with Gasteiger partial charge in [0.15, 0.2) is 0 Å². The lowest BCUT2D eigenvalue weighted by molar-refractivity contribution is 0.301. The third-order valence-corrected chi connectivity index (χ3v) is 10.7. The van der Waals surface area contributed by atoms with Crippen molar-refractivity contribution in [2.24, 2.45) is 0 Å². The van der Waals surface area contributed by atoms with E-state index in [1.807, 2.05) is 11.8 Å². The number of thioether (sulfide) groups is 2. The molecule has 38 heavy (non-hydrogen) atoms. The zero-order chi connectivity index (χ0) is 27.6. The quantitative estimate of drug-likeness (QED) is 0.0774. The summed E-state index contributed by atoms with van der Waals surface area (Å²) in [6, 6.07) is 0. The van der Waals surface area contributed by atoms with Gasteiger partial charge < -0.3 is 5.11 Å². The molecule has 3 heteroatoms. The summed E-state index contributed by atoms with van der Waals surface area (Å²) in [6.07, 6.45) is 40.1. The van der Waals surface area contributed by atoms with E-state index in [0.717, 1.165) is 5.75 Å². The number of aliphatic hydroxyl groups is 1. The van der Waals surface area contributed by atoms with Gasteiger partial charge in [0.25, 0.3) is 0 Å². The highest BCUT2D eigenvalue weighted by atomic mass is 32.2. The molecule has 0 aromatic carbocycles. The molecule has 1 unspecified atom stereocenters. The summed E-state index contributed by atoms with van der Waals surface area (Å²) in [4.78, 5) is 0. The van der Waals surface area contributed by atoms with Gasteiger partial charge in [-0.05, 0) is 24.3 Å². The van der Waals surface area contributed by atoms with Gasteiger partial charge in [0.2, 0.25) is 0 Å². The first-order valence-electron chi connectivity index (χ1n) is 17.6. The molecule has 0 fully saturated rings. The lowest BCUT2D eigenvalue weighted by atomic mass is 10.0. The minimum Gasteiger partial charge on any atom is -0.395 e. The fourth-order valence-corrected chi connectivity index (χ4v) is 7.74. The molecule has 0 aliphatic rings. The Morgan fingerprint density at radius 2 is 0.684 bits per heavy atom. The Labute approximate surface area is 250 Å². The van der Waals surface area contributed by atoms with Gasteiger partial charge >= 0.3 is 0 Å². The van der Waals surface area contributed by atoms with E-state index < -0.39 is 0 Å². The molecular weight excluding hydrogens is 501 g/mol. The van der Waals surface area contributed by atoms with E-state index >= 15 is 0 Å². The lowest BCUT2D eigenvalue weighted by Crippen LogP contribution is -2.13. The number of hydrogen-bond donors (Lipinski definition) is 1. The molecular formula is C35H72OS2. The van der Waals surface area contributed by atoms with Crippen molar-refractivity contribution >= 4 is 23.5 Å². The van der Waals surface area contributed by atoms with E-state index in [1.165, 1.54) is 191 Å².